The lowest BCUT2D eigenvalue weighted by Gasteiger charge is -2.27. The SMILES string of the molecule is CN1CCc2c(sc3ncn(C4CCC4)c(=O)c23)C1. The zero-order valence-corrected chi connectivity index (χ0v) is 11.9. The summed E-state index contributed by atoms with van der Waals surface area (Å²) in [5.41, 5.74) is 1.46. The van der Waals surface area contributed by atoms with Crippen molar-refractivity contribution in [2.45, 2.75) is 38.3 Å². The van der Waals surface area contributed by atoms with Gasteiger partial charge in [-0.25, -0.2) is 4.98 Å². The molecule has 1 aliphatic carbocycles. The molecule has 5 heteroatoms. The van der Waals surface area contributed by atoms with Gasteiger partial charge in [0.2, 0.25) is 0 Å². The summed E-state index contributed by atoms with van der Waals surface area (Å²) in [6.45, 7) is 2.00. The molecule has 1 saturated carbocycles. The summed E-state index contributed by atoms with van der Waals surface area (Å²) in [6.07, 6.45) is 6.24. The highest BCUT2D eigenvalue weighted by molar-refractivity contribution is 7.18. The molecule has 4 nitrogen and oxygen atoms in total. The number of rotatable bonds is 1. The van der Waals surface area contributed by atoms with Crippen LogP contribution in [-0.2, 0) is 13.0 Å². The summed E-state index contributed by atoms with van der Waals surface area (Å²) in [5, 5.41) is 0.905. The van der Waals surface area contributed by atoms with Gasteiger partial charge in [-0.1, -0.05) is 0 Å². The molecule has 0 spiro atoms. The maximum absolute atomic E-state index is 12.7. The van der Waals surface area contributed by atoms with Crippen LogP contribution in [0.4, 0.5) is 0 Å². The monoisotopic (exact) mass is 275 g/mol. The van der Waals surface area contributed by atoms with Crippen LogP contribution in [0.25, 0.3) is 10.2 Å². The quantitative estimate of drug-likeness (QED) is 0.800. The number of hydrogen-bond acceptors (Lipinski definition) is 4. The minimum absolute atomic E-state index is 0.191. The first-order valence-corrected chi connectivity index (χ1v) is 7.75. The lowest BCUT2D eigenvalue weighted by atomic mass is 9.93. The van der Waals surface area contributed by atoms with E-state index in [4.69, 9.17) is 0 Å². The molecule has 0 bridgehead atoms. The minimum Gasteiger partial charge on any atom is -0.301 e. The molecule has 2 aliphatic rings. The van der Waals surface area contributed by atoms with E-state index in [-0.39, 0.29) is 5.56 Å². The Morgan fingerprint density at radius 1 is 1.42 bits per heavy atom. The molecule has 0 N–H and O–H groups in total. The lowest BCUT2D eigenvalue weighted by molar-refractivity contribution is 0.304. The maximum atomic E-state index is 12.7. The number of fused-ring (bicyclic) bond motifs is 3. The first-order chi connectivity index (χ1) is 9.24. The average molecular weight is 275 g/mol. The summed E-state index contributed by atoms with van der Waals surface area (Å²) in [5.74, 6) is 0. The van der Waals surface area contributed by atoms with E-state index >= 15 is 0 Å². The molecule has 100 valence electrons. The standard InChI is InChI=1S/C14H17N3OS/c1-16-6-5-10-11(7-16)19-13-12(10)14(18)17(8-15-13)9-3-2-4-9/h8-9H,2-7H2,1H3. The van der Waals surface area contributed by atoms with E-state index in [1.165, 1.54) is 16.9 Å². The number of likely N-dealkylation sites (N-methyl/N-ethyl adjacent to an activating group) is 1. The summed E-state index contributed by atoms with van der Waals surface area (Å²) < 4.78 is 1.87. The fraction of sp³-hybridized carbons (Fsp3) is 0.571. The molecule has 1 aliphatic heterocycles. The highest BCUT2D eigenvalue weighted by Crippen LogP contribution is 2.34. The Morgan fingerprint density at radius 3 is 3.00 bits per heavy atom. The van der Waals surface area contributed by atoms with Crippen molar-refractivity contribution in [1.29, 1.82) is 0 Å². The highest BCUT2D eigenvalue weighted by atomic mass is 32.1. The van der Waals surface area contributed by atoms with Gasteiger partial charge in [0.15, 0.2) is 0 Å². The Labute approximate surface area is 115 Å². The van der Waals surface area contributed by atoms with Gasteiger partial charge in [-0.15, -0.1) is 11.3 Å². The zero-order valence-electron chi connectivity index (χ0n) is 11.1. The van der Waals surface area contributed by atoms with Gasteiger partial charge in [-0.3, -0.25) is 9.36 Å². The minimum atomic E-state index is 0.191. The van der Waals surface area contributed by atoms with Crippen molar-refractivity contribution in [2.75, 3.05) is 13.6 Å². The van der Waals surface area contributed by atoms with Crippen LogP contribution in [0, 0.1) is 0 Å². The number of thiophene rings is 1. The second kappa shape index (κ2) is 4.15. The Kier molecular flexibility index (Phi) is 2.53. The summed E-state index contributed by atoms with van der Waals surface area (Å²) in [6, 6.07) is 0.395. The molecular formula is C14H17N3OS. The maximum Gasteiger partial charge on any atom is 0.262 e. The lowest BCUT2D eigenvalue weighted by Crippen LogP contribution is -2.30. The van der Waals surface area contributed by atoms with E-state index in [2.05, 4.69) is 16.9 Å². The molecule has 2 aromatic heterocycles. The van der Waals surface area contributed by atoms with Crippen molar-refractivity contribution < 1.29 is 0 Å². The second-order valence-corrected chi connectivity index (χ2v) is 6.80. The van der Waals surface area contributed by atoms with Crippen LogP contribution in [0.2, 0.25) is 0 Å². The van der Waals surface area contributed by atoms with Crippen molar-refractivity contribution in [3.05, 3.63) is 27.1 Å². The molecule has 0 aromatic carbocycles. The molecule has 0 radical (unpaired) electrons. The van der Waals surface area contributed by atoms with Gasteiger partial charge in [0, 0.05) is 24.0 Å². The van der Waals surface area contributed by atoms with Gasteiger partial charge in [-0.05, 0) is 38.3 Å². The first kappa shape index (κ1) is 11.6. The van der Waals surface area contributed by atoms with E-state index < -0.39 is 0 Å². The summed E-state index contributed by atoms with van der Waals surface area (Å²) in [4.78, 5) is 21.8. The molecule has 1 fully saturated rings. The molecule has 3 heterocycles. The van der Waals surface area contributed by atoms with E-state index in [1.807, 2.05) is 4.57 Å². The van der Waals surface area contributed by atoms with Crippen molar-refractivity contribution in [1.82, 2.24) is 14.5 Å². The van der Waals surface area contributed by atoms with Crippen molar-refractivity contribution in [3.8, 4) is 0 Å². The van der Waals surface area contributed by atoms with E-state index in [1.54, 1.807) is 17.7 Å². The van der Waals surface area contributed by atoms with Gasteiger partial charge in [0.25, 0.3) is 5.56 Å². The third-order valence-electron chi connectivity index (χ3n) is 4.45. The van der Waals surface area contributed by atoms with Gasteiger partial charge in [0.05, 0.1) is 11.7 Å². The third kappa shape index (κ3) is 1.68. The Balaban J connectivity index is 1.93. The molecule has 0 amide bonds. The summed E-state index contributed by atoms with van der Waals surface area (Å²) in [7, 11) is 2.13. The Hall–Kier alpha value is -1.20. The molecule has 0 atom stereocenters. The molecule has 19 heavy (non-hydrogen) atoms. The van der Waals surface area contributed by atoms with Gasteiger partial charge < -0.3 is 4.90 Å². The Morgan fingerprint density at radius 2 is 2.26 bits per heavy atom. The first-order valence-electron chi connectivity index (χ1n) is 6.94. The van der Waals surface area contributed by atoms with Crippen LogP contribution >= 0.6 is 11.3 Å². The fourth-order valence-corrected chi connectivity index (χ4v) is 4.31. The van der Waals surface area contributed by atoms with Crippen LogP contribution in [-0.4, -0.2) is 28.0 Å². The fourth-order valence-electron chi connectivity index (χ4n) is 3.05. The van der Waals surface area contributed by atoms with E-state index in [0.29, 0.717) is 6.04 Å². The molecule has 0 saturated heterocycles. The van der Waals surface area contributed by atoms with Gasteiger partial charge in [0.1, 0.15) is 4.83 Å². The number of hydrogen-bond donors (Lipinski definition) is 0. The van der Waals surface area contributed by atoms with Gasteiger partial charge in [-0.2, -0.15) is 0 Å². The third-order valence-corrected chi connectivity index (χ3v) is 5.57. The average Bonchev–Trinajstić information content (AvgIpc) is 2.68. The zero-order chi connectivity index (χ0) is 13.0. The van der Waals surface area contributed by atoms with Crippen molar-refractivity contribution in [2.24, 2.45) is 0 Å². The van der Waals surface area contributed by atoms with Crippen LogP contribution in [0.1, 0.15) is 35.7 Å². The normalized spacial score (nSPS) is 20.5. The van der Waals surface area contributed by atoms with Gasteiger partial charge >= 0.3 is 0 Å². The second-order valence-electron chi connectivity index (χ2n) is 5.71. The van der Waals surface area contributed by atoms with Crippen LogP contribution in [0.3, 0.4) is 0 Å². The topological polar surface area (TPSA) is 38.1 Å². The predicted octanol–water partition coefficient (Wildman–Crippen LogP) is 2.17. The molecule has 0 unspecified atom stereocenters. The van der Waals surface area contributed by atoms with Crippen LogP contribution in [0.5, 0.6) is 0 Å². The molecule has 2 aromatic rings. The van der Waals surface area contributed by atoms with Crippen LogP contribution < -0.4 is 5.56 Å². The van der Waals surface area contributed by atoms with Crippen molar-refractivity contribution in [3.63, 3.8) is 0 Å². The largest absolute Gasteiger partial charge is 0.301 e. The smallest absolute Gasteiger partial charge is 0.262 e. The van der Waals surface area contributed by atoms with E-state index in [0.717, 1.165) is 42.6 Å². The molecular weight excluding hydrogens is 258 g/mol. The highest BCUT2D eigenvalue weighted by Gasteiger charge is 2.25. The Bertz CT molecular complexity index is 699. The van der Waals surface area contributed by atoms with E-state index in [9.17, 15) is 4.79 Å². The summed E-state index contributed by atoms with van der Waals surface area (Å²) >= 11 is 1.70. The predicted molar refractivity (Wildman–Crippen MR) is 76.8 cm³/mol. The number of nitrogens with zero attached hydrogens (tertiary/aromatic N) is 3. The van der Waals surface area contributed by atoms with Crippen LogP contribution in [0.15, 0.2) is 11.1 Å². The van der Waals surface area contributed by atoms with Crippen molar-refractivity contribution >= 4 is 21.6 Å². The molecule has 4 rings (SSSR count). The number of aromatic nitrogens is 2.